The van der Waals surface area contributed by atoms with E-state index in [0.29, 0.717) is 5.41 Å². The molecule has 0 amide bonds. The second-order valence-electron chi connectivity index (χ2n) is 6.22. The van der Waals surface area contributed by atoms with Gasteiger partial charge in [-0.25, -0.2) is 0 Å². The van der Waals surface area contributed by atoms with Crippen LogP contribution in [0.3, 0.4) is 0 Å². The molecule has 0 bridgehead atoms. The van der Waals surface area contributed by atoms with Crippen molar-refractivity contribution in [2.75, 3.05) is 18.0 Å². The highest BCUT2D eigenvalue weighted by Crippen LogP contribution is 2.33. The first-order chi connectivity index (χ1) is 8.89. The molecule has 0 unspecified atom stereocenters. The highest BCUT2D eigenvalue weighted by molar-refractivity contribution is 9.10. The van der Waals surface area contributed by atoms with Crippen molar-refractivity contribution in [2.24, 2.45) is 5.41 Å². The summed E-state index contributed by atoms with van der Waals surface area (Å²) in [5.74, 6) is 0.144. The molecule has 1 heterocycles. The van der Waals surface area contributed by atoms with Crippen molar-refractivity contribution in [1.29, 1.82) is 0 Å². The van der Waals surface area contributed by atoms with E-state index >= 15 is 0 Å². The Kier molecular flexibility index (Phi) is 4.34. The van der Waals surface area contributed by atoms with Gasteiger partial charge in [0.25, 0.3) is 0 Å². The largest absolute Gasteiger partial charge is 0.371 e. The van der Waals surface area contributed by atoms with Gasteiger partial charge in [0.05, 0.1) is 0 Å². The molecule has 19 heavy (non-hydrogen) atoms. The number of anilines is 1. The molecule has 0 spiro atoms. The molecule has 1 aromatic carbocycles. The minimum atomic E-state index is 0.144. The van der Waals surface area contributed by atoms with Crippen LogP contribution in [0.4, 0.5) is 5.69 Å². The molecule has 0 saturated carbocycles. The molecule has 1 aliphatic heterocycles. The van der Waals surface area contributed by atoms with Crippen LogP contribution in [0.5, 0.6) is 0 Å². The minimum absolute atomic E-state index is 0.144. The molecule has 2 rings (SSSR count). The van der Waals surface area contributed by atoms with Gasteiger partial charge in [-0.05, 0) is 49.8 Å². The normalized spacial score (nSPS) is 19.1. The quantitative estimate of drug-likeness (QED) is 0.737. The molecule has 1 aromatic rings. The van der Waals surface area contributed by atoms with Crippen LogP contribution in [0.2, 0.25) is 0 Å². The van der Waals surface area contributed by atoms with Crippen molar-refractivity contribution in [3.05, 3.63) is 28.2 Å². The second-order valence-corrected chi connectivity index (χ2v) is 7.14. The third-order valence-electron chi connectivity index (χ3n) is 4.02. The van der Waals surface area contributed by atoms with Gasteiger partial charge in [0.1, 0.15) is 0 Å². The van der Waals surface area contributed by atoms with Crippen molar-refractivity contribution >= 4 is 27.4 Å². The molecule has 3 heteroatoms. The Morgan fingerprint density at radius 2 is 2.00 bits per heavy atom. The minimum Gasteiger partial charge on any atom is -0.371 e. The third-order valence-corrected chi connectivity index (χ3v) is 4.51. The zero-order valence-corrected chi connectivity index (χ0v) is 13.6. The van der Waals surface area contributed by atoms with Gasteiger partial charge in [-0.15, -0.1) is 0 Å². The summed E-state index contributed by atoms with van der Waals surface area (Å²) in [6, 6.07) is 5.95. The zero-order valence-electron chi connectivity index (χ0n) is 12.0. The number of carbonyl (C=O) groups excluding carboxylic acids is 1. The standard InChI is InChI=1S/C16H22BrNO/c1-12(19)14-6-5-13(17)11-15(14)18-9-4-7-16(2,3)8-10-18/h5-6,11H,4,7-10H2,1-3H3. The fraction of sp³-hybridized carbons (Fsp3) is 0.562. The first-order valence-electron chi connectivity index (χ1n) is 6.94. The molecular formula is C16H22BrNO. The average molecular weight is 324 g/mol. The molecule has 1 aliphatic rings. The summed E-state index contributed by atoms with van der Waals surface area (Å²) < 4.78 is 1.04. The number of rotatable bonds is 2. The van der Waals surface area contributed by atoms with E-state index in [1.165, 1.54) is 19.3 Å². The van der Waals surface area contributed by atoms with Crippen molar-refractivity contribution in [3.63, 3.8) is 0 Å². The maximum atomic E-state index is 11.8. The number of halogens is 1. The van der Waals surface area contributed by atoms with Crippen molar-refractivity contribution < 1.29 is 4.79 Å². The van der Waals surface area contributed by atoms with E-state index in [4.69, 9.17) is 0 Å². The van der Waals surface area contributed by atoms with Gasteiger partial charge in [0, 0.05) is 28.8 Å². The zero-order chi connectivity index (χ0) is 14.0. The smallest absolute Gasteiger partial charge is 0.161 e. The van der Waals surface area contributed by atoms with Gasteiger partial charge in [-0.1, -0.05) is 29.8 Å². The van der Waals surface area contributed by atoms with Crippen LogP contribution in [0.25, 0.3) is 0 Å². The number of ketones is 1. The summed E-state index contributed by atoms with van der Waals surface area (Å²) in [6.07, 6.45) is 3.63. The van der Waals surface area contributed by atoms with Crippen LogP contribution in [0.1, 0.15) is 50.4 Å². The molecule has 0 aliphatic carbocycles. The van der Waals surface area contributed by atoms with E-state index in [0.717, 1.165) is 28.8 Å². The van der Waals surface area contributed by atoms with E-state index in [1.54, 1.807) is 6.92 Å². The summed E-state index contributed by atoms with van der Waals surface area (Å²) in [6.45, 7) is 8.39. The Morgan fingerprint density at radius 3 is 2.68 bits per heavy atom. The molecule has 1 saturated heterocycles. The van der Waals surface area contributed by atoms with E-state index in [9.17, 15) is 4.79 Å². The molecule has 0 atom stereocenters. The van der Waals surface area contributed by atoms with Crippen LogP contribution in [0, 0.1) is 5.41 Å². The first-order valence-corrected chi connectivity index (χ1v) is 7.74. The predicted octanol–water partition coefficient (Wildman–Crippen LogP) is 4.67. The number of benzene rings is 1. The molecular weight excluding hydrogens is 302 g/mol. The lowest BCUT2D eigenvalue weighted by Crippen LogP contribution is -2.26. The molecule has 104 valence electrons. The number of Topliss-reactive ketones (excluding diaryl/α,β-unsaturated/α-hetero) is 1. The molecule has 1 fully saturated rings. The number of hydrogen-bond donors (Lipinski definition) is 0. The highest BCUT2D eigenvalue weighted by atomic mass is 79.9. The van der Waals surface area contributed by atoms with Crippen molar-refractivity contribution in [3.8, 4) is 0 Å². The fourth-order valence-electron chi connectivity index (χ4n) is 2.73. The fourth-order valence-corrected chi connectivity index (χ4v) is 3.08. The van der Waals surface area contributed by atoms with Crippen LogP contribution in [-0.2, 0) is 0 Å². The van der Waals surface area contributed by atoms with Gasteiger partial charge < -0.3 is 4.90 Å². The van der Waals surface area contributed by atoms with Crippen LogP contribution in [-0.4, -0.2) is 18.9 Å². The summed E-state index contributed by atoms with van der Waals surface area (Å²) in [4.78, 5) is 14.2. The Labute approximate surface area is 124 Å². The average Bonchev–Trinajstić information content (AvgIpc) is 2.49. The van der Waals surface area contributed by atoms with Crippen LogP contribution >= 0.6 is 15.9 Å². The van der Waals surface area contributed by atoms with Crippen LogP contribution in [0.15, 0.2) is 22.7 Å². The van der Waals surface area contributed by atoms with E-state index < -0.39 is 0 Å². The lowest BCUT2D eigenvalue weighted by atomic mass is 9.85. The lowest BCUT2D eigenvalue weighted by molar-refractivity contribution is 0.101. The molecule has 0 N–H and O–H groups in total. The maximum Gasteiger partial charge on any atom is 0.161 e. The SMILES string of the molecule is CC(=O)c1ccc(Br)cc1N1CCCC(C)(C)CC1. The summed E-state index contributed by atoms with van der Waals surface area (Å²) in [5.41, 5.74) is 2.33. The van der Waals surface area contributed by atoms with Crippen molar-refractivity contribution in [2.45, 2.75) is 40.0 Å². The Morgan fingerprint density at radius 1 is 1.26 bits per heavy atom. The number of carbonyl (C=O) groups is 1. The molecule has 0 radical (unpaired) electrons. The van der Waals surface area contributed by atoms with Gasteiger partial charge >= 0.3 is 0 Å². The third kappa shape index (κ3) is 3.59. The molecule has 0 aromatic heterocycles. The van der Waals surface area contributed by atoms with Crippen LogP contribution < -0.4 is 4.90 Å². The topological polar surface area (TPSA) is 20.3 Å². The van der Waals surface area contributed by atoms with E-state index in [-0.39, 0.29) is 5.78 Å². The van der Waals surface area contributed by atoms with Gasteiger partial charge in [-0.2, -0.15) is 0 Å². The van der Waals surface area contributed by atoms with Gasteiger partial charge in [-0.3, -0.25) is 4.79 Å². The lowest BCUT2D eigenvalue weighted by Gasteiger charge is -2.26. The van der Waals surface area contributed by atoms with E-state index in [2.05, 4.69) is 40.7 Å². The summed E-state index contributed by atoms with van der Waals surface area (Å²) in [5, 5.41) is 0. The predicted molar refractivity (Wildman–Crippen MR) is 84.0 cm³/mol. The number of hydrogen-bond acceptors (Lipinski definition) is 2. The molecule has 2 nitrogen and oxygen atoms in total. The summed E-state index contributed by atoms with van der Waals surface area (Å²) in [7, 11) is 0. The monoisotopic (exact) mass is 323 g/mol. The van der Waals surface area contributed by atoms with Gasteiger partial charge in [0.2, 0.25) is 0 Å². The van der Waals surface area contributed by atoms with E-state index in [1.807, 2.05) is 12.1 Å². The first kappa shape index (κ1) is 14.6. The number of nitrogens with zero attached hydrogens (tertiary/aromatic N) is 1. The second kappa shape index (κ2) is 5.66. The Bertz CT molecular complexity index is 482. The maximum absolute atomic E-state index is 11.8. The summed E-state index contributed by atoms with van der Waals surface area (Å²) >= 11 is 3.52. The van der Waals surface area contributed by atoms with Gasteiger partial charge in [0.15, 0.2) is 5.78 Å². The highest BCUT2D eigenvalue weighted by Gasteiger charge is 2.24. The van der Waals surface area contributed by atoms with Crippen molar-refractivity contribution in [1.82, 2.24) is 0 Å². The Hall–Kier alpha value is -0.830. The Balaban J connectivity index is 2.30.